The topological polar surface area (TPSA) is 53.0 Å². The van der Waals surface area contributed by atoms with E-state index in [-0.39, 0.29) is 24.0 Å². The number of aliphatic imine (C=N–C) groups is 1. The number of benzene rings is 1. The summed E-state index contributed by atoms with van der Waals surface area (Å²) in [6, 6.07) is 8.27. The average molecular weight is 515 g/mol. The van der Waals surface area contributed by atoms with E-state index >= 15 is 0 Å². The second kappa shape index (κ2) is 11.5. The lowest BCUT2D eigenvalue weighted by Gasteiger charge is -2.37. The van der Waals surface area contributed by atoms with Crippen LogP contribution < -0.4 is 15.0 Å². The number of guanidine groups is 1. The predicted molar refractivity (Wildman–Crippen MR) is 129 cm³/mol. The molecule has 3 rings (SSSR count). The van der Waals surface area contributed by atoms with Crippen LogP contribution in [0.3, 0.4) is 0 Å². The van der Waals surface area contributed by atoms with Gasteiger partial charge in [-0.1, -0.05) is 13.0 Å². The van der Waals surface area contributed by atoms with Gasteiger partial charge in [0.2, 0.25) is 0 Å². The summed E-state index contributed by atoms with van der Waals surface area (Å²) in [5.74, 6) is 1.88. The van der Waals surface area contributed by atoms with Crippen molar-refractivity contribution in [1.29, 1.82) is 0 Å². The number of piperazine rings is 1. The summed E-state index contributed by atoms with van der Waals surface area (Å²) in [7, 11) is 3.57. The van der Waals surface area contributed by atoms with Crippen molar-refractivity contribution in [3.63, 3.8) is 0 Å². The Morgan fingerprint density at radius 3 is 2.71 bits per heavy atom. The van der Waals surface area contributed by atoms with Crippen molar-refractivity contribution >= 4 is 47.0 Å². The van der Waals surface area contributed by atoms with Gasteiger partial charge in [0.15, 0.2) is 5.96 Å². The first-order chi connectivity index (χ1) is 13.2. The minimum atomic E-state index is 0. The molecular formula is C20H30IN5OS. The van der Waals surface area contributed by atoms with Crippen molar-refractivity contribution in [2.75, 3.05) is 51.8 Å². The summed E-state index contributed by atoms with van der Waals surface area (Å²) in [5.41, 5.74) is 1.22. The third-order valence-electron chi connectivity index (χ3n) is 4.78. The number of nitrogens with zero attached hydrogens (tertiary/aromatic N) is 4. The Morgan fingerprint density at radius 1 is 1.29 bits per heavy atom. The molecule has 0 spiro atoms. The highest BCUT2D eigenvalue weighted by Crippen LogP contribution is 2.22. The number of aryl methyl sites for hydroxylation is 1. The number of ether oxygens (including phenoxy) is 1. The number of halogens is 1. The smallest absolute Gasteiger partial charge is 0.193 e. The lowest BCUT2D eigenvalue weighted by atomic mass is 10.2. The van der Waals surface area contributed by atoms with Crippen LogP contribution in [0, 0.1) is 0 Å². The molecule has 28 heavy (non-hydrogen) atoms. The second-order valence-corrected chi connectivity index (χ2v) is 7.67. The Morgan fingerprint density at radius 2 is 2.07 bits per heavy atom. The van der Waals surface area contributed by atoms with Gasteiger partial charge in [0.1, 0.15) is 5.75 Å². The molecule has 0 aliphatic carbocycles. The first-order valence-electron chi connectivity index (χ1n) is 9.51. The van der Waals surface area contributed by atoms with E-state index < -0.39 is 0 Å². The Kier molecular flexibility index (Phi) is 9.30. The van der Waals surface area contributed by atoms with Crippen molar-refractivity contribution in [3.8, 4) is 5.75 Å². The van der Waals surface area contributed by atoms with Gasteiger partial charge in [-0.3, -0.25) is 4.99 Å². The van der Waals surface area contributed by atoms with Gasteiger partial charge >= 0.3 is 0 Å². The molecule has 6 nitrogen and oxygen atoms in total. The molecule has 1 aliphatic heterocycles. The molecule has 0 atom stereocenters. The van der Waals surface area contributed by atoms with E-state index in [2.05, 4.69) is 44.1 Å². The highest BCUT2D eigenvalue weighted by molar-refractivity contribution is 14.0. The number of nitrogens with one attached hydrogen (secondary N) is 1. The Labute approximate surface area is 189 Å². The molecule has 0 radical (unpaired) electrons. The number of anilines is 1. The van der Waals surface area contributed by atoms with Crippen molar-refractivity contribution in [2.45, 2.75) is 19.8 Å². The van der Waals surface area contributed by atoms with Gasteiger partial charge in [-0.2, -0.15) is 0 Å². The van der Waals surface area contributed by atoms with E-state index in [1.807, 2.05) is 36.7 Å². The minimum absolute atomic E-state index is 0. The number of aromatic nitrogens is 1. The van der Waals surface area contributed by atoms with Crippen LogP contribution in [0.15, 0.2) is 35.5 Å². The maximum absolute atomic E-state index is 5.34. The molecule has 1 aliphatic rings. The van der Waals surface area contributed by atoms with Gasteiger partial charge in [0, 0.05) is 69.0 Å². The predicted octanol–water partition coefficient (Wildman–Crippen LogP) is 3.27. The zero-order valence-corrected chi connectivity index (χ0v) is 20.0. The number of hydrogen-bond donors (Lipinski definition) is 1. The van der Waals surface area contributed by atoms with Crippen LogP contribution in [-0.4, -0.2) is 62.7 Å². The fourth-order valence-corrected chi connectivity index (χ4v) is 4.09. The maximum Gasteiger partial charge on any atom is 0.193 e. The van der Waals surface area contributed by atoms with Crippen LogP contribution in [0.5, 0.6) is 5.75 Å². The first kappa shape index (κ1) is 22.7. The van der Waals surface area contributed by atoms with E-state index in [0.29, 0.717) is 0 Å². The lowest BCUT2D eigenvalue weighted by molar-refractivity contribution is 0.372. The summed E-state index contributed by atoms with van der Waals surface area (Å²) in [6.45, 7) is 6.88. The molecule has 0 amide bonds. The summed E-state index contributed by atoms with van der Waals surface area (Å²) < 4.78 is 5.34. The molecule has 1 aromatic heterocycles. The van der Waals surface area contributed by atoms with E-state index in [1.54, 1.807) is 7.11 Å². The van der Waals surface area contributed by atoms with Crippen LogP contribution in [0.25, 0.3) is 0 Å². The molecule has 2 aromatic rings. The zero-order valence-electron chi connectivity index (χ0n) is 16.9. The number of thiazole rings is 1. The maximum atomic E-state index is 5.34. The first-order valence-corrected chi connectivity index (χ1v) is 10.3. The van der Waals surface area contributed by atoms with Crippen LogP contribution >= 0.6 is 35.3 Å². The van der Waals surface area contributed by atoms with Crippen LogP contribution in [0.1, 0.15) is 16.8 Å². The molecule has 2 heterocycles. The molecule has 1 N–H and O–H groups in total. The molecule has 1 saturated heterocycles. The fraction of sp³-hybridized carbons (Fsp3) is 0.500. The largest absolute Gasteiger partial charge is 0.497 e. The van der Waals surface area contributed by atoms with E-state index in [0.717, 1.165) is 57.3 Å². The third-order valence-corrected chi connectivity index (χ3v) is 5.98. The molecule has 8 heteroatoms. The van der Waals surface area contributed by atoms with Gasteiger partial charge in [-0.05, 0) is 18.6 Å². The monoisotopic (exact) mass is 515 g/mol. The number of hydrogen-bond acceptors (Lipinski definition) is 5. The number of rotatable bonds is 6. The van der Waals surface area contributed by atoms with Crippen molar-refractivity contribution in [2.24, 2.45) is 4.99 Å². The number of methoxy groups -OCH3 is 1. The normalized spacial score (nSPS) is 14.6. The summed E-state index contributed by atoms with van der Waals surface area (Å²) in [4.78, 5) is 15.0. The Hall–Kier alpha value is -1.55. The van der Waals surface area contributed by atoms with Crippen LogP contribution in [0.4, 0.5) is 5.69 Å². The molecule has 1 aromatic carbocycles. The van der Waals surface area contributed by atoms with Crippen LogP contribution in [-0.2, 0) is 12.8 Å². The van der Waals surface area contributed by atoms with E-state index in [4.69, 9.17) is 4.74 Å². The zero-order chi connectivity index (χ0) is 19.1. The highest BCUT2D eigenvalue weighted by atomic mass is 127. The van der Waals surface area contributed by atoms with Gasteiger partial charge in [0.05, 0.1) is 12.1 Å². The second-order valence-electron chi connectivity index (χ2n) is 6.47. The molecule has 0 unspecified atom stereocenters. The van der Waals surface area contributed by atoms with Gasteiger partial charge in [-0.25, -0.2) is 4.98 Å². The minimum Gasteiger partial charge on any atom is -0.497 e. The molecule has 0 bridgehead atoms. The lowest BCUT2D eigenvalue weighted by Crippen LogP contribution is -2.52. The van der Waals surface area contributed by atoms with Gasteiger partial charge < -0.3 is 19.9 Å². The highest BCUT2D eigenvalue weighted by Gasteiger charge is 2.20. The Bertz CT molecular complexity index is 759. The van der Waals surface area contributed by atoms with Crippen molar-refractivity contribution < 1.29 is 4.74 Å². The quantitative estimate of drug-likeness (QED) is 0.364. The molecular weight excluding hydrogens is 485 g/mol. The van der Waals surface area contributed by atoms with Gasteiger partial charge in [0.25, 0.3) is 0 Å². The molecule has 1 fully saturated rings. The van der Waals surface area contributed by atoms with E-state index in [1.165, 1.54) is 15.6 Å². The molecule has 0 saturated carbocycles. The van der Waals surface area contributed by atoms with Gasteiger partial charge in [-0.15, -0.1) is 35.3 Å². The van der Waals surface area contributed by atoms with Crippen molar-refractivity contribution in [3.05, 3.63) is 40.3 Å². The summed E-state index contributed by atoms with van der Waals surface area (Å²) in [6.07, 6.45) is 3.99. The molecule has 154 valence electrons. The average Bonchev–Trinajstić information content (AvgIpc) is 3.19. The fourth-order valence-electron chi connectivity index (χ4n) is 3.22. The standard InChI is InChI=1S/C20H29N5OS.HI/c1-4-18-15-23-19(27-18)8-9-22-20(21-2)25-12-10-24(11-13-25)16-6-5-7-17(14-16)26-3;/h5-7,14-15H,4,8-13H2,1-3H3,(H,21,22);1H. The summed E-state index contributed by atoms with van der Waals surface area (Å²) in [5, 5.41) is 4.68. The third kappa shape index (κ3) is 5.97. The SMILES string of the molecule is CCc1cnc(CCNC(=NC)N2CCN(c3cccc(OC)c3)CC2)s1.I. The van der Waals surface area contributed by atoms with Crippen LogP contribution in [0.2, 0.25) is 0 Å². The Balaban J connectivity index is 0.00000280. The van der Waals surface area contributed by atoms with E-state index in [9.17, 15) is 0 Å². The summed E-state index contributed by atoms with van der Waals surface area (Å²) >= 11 is 1.81. The van der Waals surface area contributed by atoms with Crippen molar-refractivity contribution in [1.82, 2.24) is 15.2 Å².